The third kappa shape index (κ3) is 5.77. The van der Waals surface area contributed by atoms with Crippen LogP contribution in [0.25, 0.3) is 0 Å². The molecule has 2 aliphatic rings. The molecule has 0 aromatic carbocycles. The molecule has 122 valence electrons. The molecule has 0 aromatic heterocycles. The molecule has 0 saturated heterocycles. The molecular weight excluding hydrogens is 256 g/mol. The summed E-state index contributed by atoms with van der Waals surface area (Å²) in [6.07, 6.45) is 20.6. The summed E-state index contributed by atoms with van der Waals surface area (Å²) in [5.41, 5.74) is 0. The number of allylic oxidation sites excluding steroid dienone is 2. The first-order valence-electron chi connectivity index (χ1n) is 9.61. The highest BCUT2D eigenvalue weighted by Crippen LogP contribution is 2.40. The molecule has 2 rings (SSSR count). The molecule has 2 aliphatic carbocycles. The number of unbranched alkanes of at least 4 members (excludes halogenated alkanes) is 1. The highest BCUT2D eigenvalue weighted by molar-refractivity contribution is 4.92. The van der Waals surface area contributed by atoms with E-state index in [1.807, 2.05) is 0 Å². The first kappa shape index (κ1) is 17.1. The Hall–Kier alpha value is -0.300. The van der Waals surface area contributed by atoms with Crippen molar-refractivity contribution < 1.29 is 4.74 Å². The second-order valence-electron chi connectivity index (χ2n) is 7.30. The lowest BCUT2D eigenvalue weighted by Crippen LogP contribution is -2.28. The van der Waals surface area contributed by atoms with Gasteiger partial charge < -0.3 is 4.74 Å². The molecule has 21 heavy (non-hydrogen) atoms. The average Bonchev–Trinajstić information content (AvgIpc) is 2.54. The second kappa shape index (κ2) is 9.66. The Bertz CT molecular complexity index is 280. The molecule has 1 heteroatoms. The molecule has 1 nitrogen and oxygen atoms in total. The topological polar surface area (TPSA) is 9.23 Å². The molecule has 0 radical (unpaired) electrons. The normalized spacial score (nSPS) is 34.4. The number of ether oxygens (including phenoxy) is 1. The summed E-state index contributed by atoms with van der Waals surface area (Å²) in [7, 11) is 0. The van der Waals surface area contributed by atoms with Gasteiger partial charge in [0, 0.05) is 6.61 Å². The van der Waals surface area contributed by atoms with Crippen molar-refractivity contribution in [2.24, 2.45) is 17.8 Å². The minimum atomic E-state index is 0.578. The van der Waals surface area contributed by atoms with Gasteiger partial charge in [-0.1, -0.05) is 32.4 Å². The van der Waals surface area contributed by atoms with Crippen LogP contribution in [0.3, 0.4) is 0 Å². The maximum Gasteiger partial charge on any atom is 0.0575 e. The smallest absolute Gasteiger partial charge is 0.0575 e. The van der Waals surface area contributed by atoms with Crippen LogP contribution in [-0.2, 0) is 4.74 Å². The zero-order chi connectivity index (χ0) is 14.9. The molecule has 0 heterocycles. The average molecular weight is 293 g/mol. The largest absolute Gasteiger partial charge is 0.378 e. The molecule has 0 spiro atoms. The Labute approximate surface area is 132 Å². The number of hydrogen-bond donors (Lipinski definition) is 0. The Kier molecular flexibility index (Phi) is 7.85. The van der Waals surface area contributed by atoms with E-state index in [9.17, 15) is 0 Å². The molecular formula is C20H36O. The lowest BCUT2D eigenvalue weighted by atomic mass is 9.70. The first-order valence-corrected chi connectivity index (χ1v) is 9.61. The minimum absolute atomic E-state index is 0.578. The molecule has 0 bridgehead atoms. The summed E-state index contributed by atoms with van der Waals surface area (Å²) in [5.74, 6) is 2.91. The van der Waals surface area contributed by atoms with E-state index in [1.54, 1.807) is 0 Å². The van der Waals surface area contributed by atoms with E-state index in [-0.39, 0.29) is 0 Å². The molecule has 0 amide bonds. The SMILES string of the molecule is CCC/C=C/[C@H]1CC[C@H](C2CCC(OCCC)CC2)CC1. The molecule has 0 aliphatic heterocycles. The van der Waals surface area contributed by atoms with Gasteiger partial charge in [0.2, 0.25) is 0 Å². The van der Waals surface area contributed by atoms with Crippen LogP contribution in [-0.4, -0.2) is 12.7 Å². The third-order valence-electron chi connectivity index (χ3n) is 5.62. The van der Waals surface area contributed by atoms with Gasteiger partial charge in [-0.05, 0) is 82.0 Å². The van der Waals surface area contributed by atoms with Crippen molar-refractivity contribution in [2.45, 2.75) is 90.6 Å². The maximum absolute atomic E-state index is 5.93. The lowest BCUT2D eigenvalue weighted by molar-refractivity contribution is 0.00796. The van der Waals surface area contributed by atoms with Crippen LogP contribution in [0.2, 0.25) is 0 Å². The molecule has 2 saturated carbocycles. The van der Waals surface area contributed by atoms with Gasteiger partial charge in [0.25, 0.3) is 0 Å². The van der Waals surface area contributed by atoms with Gasteiger partial charge in [0.05, 0.1) is 6.10 Å². The van der Waals surface area contributed by atoms with Crippen LogP contribution in [0.4, 0.5) is 0 Å². The standard InChI is InChI=1S/C20H36O/c1-3-5-6-7-17-8-10-18(11-9-17)19-12-14-20(15-13-19)21-16-4-2/h6-7,17-20H,3-5,8-16H2,1-2H3/b7-6+/t17-,18-,19?,20?. The van der Waals surface area contributed by atoms with Gasteiger partial charge >= 0.3 is 0 Å². The van der Waals surface area contributed by atoms with Crippen LogP contribution in [0.1, 0.15) is 84.5 Å². The van der Waals surface area contributed by atoms with Gasteiger partial charge in [-0.15, -0.1) is 0 Å². The van der Waals surface area contributed by atoms with E-state index in [0.717, 1.165) is 30.8 Å². The summed E-state index contributed by atoms with van der Waals surface area (Å²) in [4.78, 5) is 0. The zero-order valence-corrected chi connectivity index (χ0v) is 14.4. The highest BCUT2D eigenvalue weighted by atomic mass is 16.5. The van der Waals surface area contributed by atoms with E-state index in [0.29, 0.717) is 6.10 Å². The molecule has 2 fully saturated rings. The van der Waals surface area contributed by atoms with Gasteiger partial charge in [-0.3, -0.25) is 0 Å². The highest BCUT2D eigenvalue weighted by Gasteiger charge is 2.30. The van der Waals surface area contributed by atoms with Gasteiger partial charge in [0.1, 0.15) is 0 Å². The fraction of sp³-hybridized carbons (Fsp3) is 0.900. The fourth-order valence-electron chi connectivity index (χ4n) is 4.28. The number of hydrogen-bond acceptors (Lipinski definition) is 1. The fourth-order valence-corrected chi connectivity index (χ4v) is 4.28. The quantitative estimate of drug-likeness (QED) is 0.512. The summed E-state index contributed by atoms with van der Waals surface area (Å²) in [5, 5.41) is 0. The van der Waals surface area contributed by atoms with Gasteiger partial charge in [0.15, 0.2) is 0 Å². The maximum atomic E-state index is 5.93. The van der Waals surface area contributed by atoms with Crippen molar-refractivity contribution in [3.8, 4) is 0 Å². The summed E-state index contributed by atoms with van der Waals surface area (Å²) >= 11 is 0. The van der Waals surface area contributed by atoms with E-state index >= 15 is 0 Å². The second-order valence-corrected chi connectivity index (χ2v) is 7.30. The molecule has 0 unspecified atom stereocenters. The molecule has 0 N–H and O–H groups in total. The Morgan fingerprint density at radius 1 is 0.810 bits per heavy atom. The van der Waals surface area contributed by atoms with E-state index < -0.39 is 0 Å². The first-order chi connectivity index (χ1) is 10.3. The number of rotatable bonds is 7. The van der Waals surface area contributed by atoms with Crippen LogP contribution in [0.5, 0.6) is 0 Å². The van der Waals surface area contributed by atoms with Crippen molar-refractivity contribution >= 4 is 0 Å². The van der Waals surface area contributed by atoms with Gasteiger partial charge in [-0.2, -0.15) is 0 Å². The predicted octanol–water partition coefficient (Wildman–Crippen LogP) is 6.13. The van der Waals surface area contributed by atoms with Crippen molar-refractivity contribution in [3.05, 3.63) is 12.2 Å². The lowest BCUT2D eigenvalue weighted by Gasteiger charge is -2.37. The third-order valence-corrected chi connectivity index (χ3v) is 5.62. The van der Waals surface area contributed by atoms with E-state index in [4.69, 9.17) is 4.74 Å². The van der Waals surface area contributed by atoms with Crippen LogP contribution < -0.4 is 0 Å². The van der Waals surface area contributed by atoms with Crippen molar-refractivity contribution in [1.29, 1.82) is 0 Å². The summed E-state index contributed by atoms with van der Waals surface area (Å²) in [6, 6.07) is 0. The van der Waals surface area contributed by atoms with Gasteiger partial charge in [-0.25, -0.2) is 0 Å². The monoisotopic (exact) mass is 292 g/mol. The zero-order valence-electron chi connectivity index (χ0n) is 14.4. The Morgan fingerprint density at radius 2 is 1.43 bits per heavy atom. The summed E-state index contributed by atoms with van der Waals surface area (Å²) in [6.45, 7) is 5.44. The van der Waals surface area contributed by atoms with E-state index in [1.165, 1.54) is 64.2 Å². The van der Waals surface area contributed by atoms with E-state index in [2.05, 4.69) is 26.0 Å². The molecule has 0 atom stereocenters. The van der Waals surface area contributed by atoms with Crippen molar-refractivity contribution in [2.75, 3.05) is 6.61 Å². The summed E-state index contributed by atoms with van der Waals surface area (Å²) < 4.78 is 5.93. The Balaban J connectivity index is 1.64. The minimum Gasteiger partial charge on any atom is -0.378 e. The van der Waals surface area contributed by atoms with Crippen LogP contribution in [0.15, 0.2) is 12.2 Å². The van der Waals surface area contributed by atoms with Crippen molar-refractivity contribution in [3.63, 3.8) is 0 Å². The molecule has 0 aromatic rings. The van der Waals surface area contributed by atoms with Crippen LogP contribution >= 0.6 is 0 Å². The van der Waals surface area contributed by atoms with Crippen molar-refractivity contribution in [1.82, 2.24) is 0 Å². The van der Waals surface area contributed by atoms with Crippen LogP contribution in [0, 0.1) is 17.8 Å². The predicted molar refractivity (Wildman–Crippen MR) is 91.5 cm³/mol. The Morgan fingerprint density at radius 3 is 2.00 bits per heavy atom.